The number of imide groups is 1. The molecule has 2 amide bonds. The van der Waals surface area contributed by atoms with E-state index < -0.39 is 6.10 Å². The van der Waals surface area contributed by atoms with E-state index in [0.717, 1.165) is 42.5 Å². The number of benzene rings is 3. The molecule has 1 fully saturated rings. The number of hydrogen-bond donors (Lipinski definition) is 1. The van der Waals surface area contributed by atoms with Crippen LogP contribution in [0, 0.1) is 0 Å². The Balaban J connectivity index is 0.00000405. The summed E-state index contributed by atoms with van der Waals surface area (Å²) in [6.45, 7) is 5.13. The zero-order chi connectivity index (χ0) is 28.9. The molecule has 1 N–H and O–H groups in total. The molecule has 3 aromatic rings. The molecule has 226 valence electrons. The fourth-order valence-corrected chi connectivity index (χ4v) is 5.60. The first-order valence-corrected chi connectivity index (χ1v) is 13.8. The van der Waals surface area contributed by atoms with E-state index in [1.165, 1.54) is 4.90 Å². The molecule has 1 atom stereocenters. The number of ether oxygens (including phenoxy) is 4. The lowest BCUT2D eigenvalue weighted by Gasteiger charge is -2.36. The minimum Gasteiger partial charge on any atom is -1.00 e. The molecule has 0 saturated carbocycles. The summed E-state index contributed by atoms with van der Waals surface area (Å²) < 4.78 is 21.9. The van der Waals surface area contributed by atoms with Gasteiger partial charge in [0.05, 0.1) is 40.6 Å². The number of aliphatic hydroxyl groups excluding tert-OH is 1. The van der Waals surface area contributed by atoms with Crippen molar-refractivity contribution in [3.63, 3.8) is 0 Å². The third kappa shape index (κ3) is 6.63. The van der Waals surface area contributed by atoms with E-state index >= 15 is 0 Å². The molecule has 0 aromatic heterocycles. The average molecular weight is 599 g/mol. The fourth-order valence-electron chi connectivity index (χ4n) is 5.60. The van der Waals surface area contributed by atoms with Gasteiger partial charge in [0.15, 0.2) is 11.5 Å². The number of hydrogen-bond acceptors (Lipinski definition) is 9. The summed E-state index contributed by atoms with van der Waals surface area (Å²) in [5, 5.41) is 12.2. The first-order valence-electron chi connectivity index (χ1n) is 13.8. The lowest BCUT2D eigenvalue weighted by molar-refractivity contribution is -0.0000472. The summed E-state index contributed by atoms with van der Waals surface area (Å²) in [7, 11) is 4.69. The molecular weight excluding hydrogens is 562 g/mol. The Bertz CT molecular complexity index is 1330. The van der Waals surface area contributed by atoms with E-state index in [1.54, 1.807) is 33.5 Å². The van der Waals surface area contributed by atoms with Gasteiger partial charge in [-0.3, -0.25) is 24.3 Å². The summed E-state index contributed by atoms with van der Waals surface area (Å²) in [6.07, 6.45) is -0.630. The highest BCUT2D eigenvalue weighted by molar-refractivity contribution is 6.25. The van der Waals surface area contributed by atoms with Crippen LogP contribution < -0.4 is 26.6 Å². The minimum absolute atomic E-state index is 0. The van der Waals surface area contributed by atoms with Crippen LogP contribution in [0.1, 0.15) is 26.3 Å². The highest BCUT2D eigenvalue weighted by atomic mass is 35.5. The van der Waals surface area contributed by atoms with Crippen LogP contribution in [-0.4, -0.2) is 111 Å². The summed E-state index contributed by atoms with van der Waals surface area (Å²) >= 11 is 0. The van der Waals surface area contributed by atoms with Gasteiger partial charge in [-0.05, 0) is 35.2 Å². The zero-order valence-corrected chi connectivity index (χ0v) is 24.9. The van der Waals surface area contributed by atoms with E-state index in [1.807, 2.05) is 36.4 Å². The van der Waals surface area contributed by atoms with Crippen LogP contribution >= 0.6 is 0 Å². The molecule has 3 aromatic carbocycles. The predicted molar refractivity (Wildman–Crippen MR) is 154 cm³/mol. The van der Waals surface area contributed by atoms with Crippen LogP contribution in [0.5, 0.6) is 17.2 Å². The van der Waals surface area contributed by atoms with Crippen molar-refractivity contribution in [1.29, 1.82) is 0 Å². The van der Waals surface area contributed by atoms with Crippen molar-refractivity contribution in [1.82, 2.24) is 14.7 Å². The molecule has 42 heavy (non-hydrogen) atoms. The number of halogens is 1. The second kappa shape index (κ2) is 14.2. The number of β-amino-alcohol motifs (C(OH)–C–C–N with tert-alkyl or cyclic N) is 1. The molecule has 5 rings (SSSR count). The van der Waals surface area contributed by atoms with Gasteiger partial charge >= 0.3 is 0 Å². The summed E-state index contributed by atoms with van der Waals surface area (Å²) in [6, 6.07) is 14.8. The average Bonchev–Trinajstić information content (AvgIpc) is 2.99. The molecule has 2 aliphatic rings. The Labute approximate surface area is 252 Å². The van der Waals surface area contributed by atoms with E-state index in [4.69, 9.17) is 18.9 Å². The maximum Gasteiger partial charge on any atom is 0.261 e. The fraction of sp³-hybridized carbons (Fsp3) is 0.419. The second-order valence-corrected chi connectivity index (χ2v) is 10.3. The summed E-state index contributed by atoms with van der Waals surface area (Å²) in [5.41, 5.74) is 2.03. The van der Waals surface area contributed by atoms with Crippen LogP contribution in [0.15, 0.2) is 48.5 Å². The Kier molecular flexibility index (Phi) is 10.6. The molecule has 2 heterocycles. The molecule has 0 aliphatic carbocycles. The first kappa shape index (κ1) is 31.5. The highest BCUT2D eigenvalue weighted by Gasteiger charge is 2.33. The summed E-state index contributed by atoms with van der Waals surface area (Å²) in [5.74, 6) is 1.18. The number of aliphatic hydroxyl groups is 1. The van der Waals surface area contributed by atoms with Gasteiger partial charge in [-0.1, -0.05) is 24.3 Å². The lowest BCUT2D eigenvalue weighted by atomic mass is 9.94. The third-order valence-electron chi connectivity index (χ3n) is 7.73. The van der Waals surface area contributed by atoms with E-state index in [-0.39, 0.29) is 30.8 Å². The molecule has 0 bridgehead atoms. The Morgan fingerprint density at radius 1 is 0.810 bits per heavy atom. The Morgan fingerprint density at radius 2 is 1.38 bits per heavy atom. The monoisotopic (exact) mass is 598 g/mol. The van der Waals surface area contributed by atoms with Gasteiger partial charge in [0.25, 0.3) is 11.8 Å². The van der Waals surface area contributed by atoms with E-state index in [2.05, 4.69) is 9.80 Å². The van der Waals surface area contributed by atoms with Crippen molar-refractivity contribution < 1.29 is 46.1 Å². The predicted octanol–water partition coefficient (Wildman–Crippen LogP) is -0.339. The Morgan fingerprint density at radius 3 is 1.93 bits per heavy atom. The lowest BCUT2D eigenvalue weighted by Crippen LogP contribution is -3.00. The van der Waals surface area contributed by atoms with Crippen LogP contribution in [0.2, 0.25) is 0 Å². The van der Waals surface area contributed by atoms with Gasteiger partial charge in [-0.15, -0.1) is 0 Å². The smallest absolute Gasteiger partial charge is 0.261 e. The molecule has 1 saturated heterocycles. The number of nitrogens with zero attached hydrogens (tertiary/aromatic N) is 3. The van der Waals surface area contributed by atoms with E-state index in [9.17, 15) is 14.7 Å². The first-order chi connectivity index (χ1) is 19.9. The van der Waals surface area contributed by atoms with Crippen LogP contribution in [0.4, 0.5) is 0 Å². The molecule has 1 unspecified atom stereocenters. The van der Waals surface area contributed by atoms with Gasteiger partial charge < -0.3 is 36.5 Å². The third-order valence-corrected chi connectivity index (χ3v) is 7.73. The van der Waals surface area contributed by atoms with Crippen LogP contribution in [0.3, 0.4) is 0 Å². The number of rotatable bonds is 12. The van der Waals surface area contributed by atoms with Crippen molar-refractivity contribution in [3.05, 3.63) is 65.2 Å². The number of carbonyl (C=O) groups is 2. The number of carbonyl (C=O) groups excluding carboxylic acids is 2. The second-order valence-electron chi connectivity index (χ2n) is 10.3. The standard InChI is InChI=1S/C31H37N3O7.ClH/c1-38-26-16-21(17-27(39-2)29(26)40-3)19-41-20-23(35)18-33-12-10-32(11-13-33)14-15-34-30(36)24-8-4-6-22-7-5-9-25(28(22)24)31(34)37;/h4-9,16-17,23,35H,10-15,18-20H2,1-3H3;1H/p-1. The van der Waals surface area contributed by atoms with Gasteiger partial charge in [-0.25, -0.2) is 0 Å². The molecular formula is C31H37ClN3O7-. The van der Waals surface area contributed by atoms with Crippen molar-refractivity contribution >= 4 is 22.6 Å². The minimum atomic E-state index is -0.630. The maximum absolute atomic E-state index is 13.2. The molecule has 0 radical (unpaired) electrons. The maximum atomic E-state index is 13.2. The molecule has 2 aliphatic heterocycles. The van der Waals surface area contributed by atoms with Crippen LogP contribution in [-0.2, 0) is 11.3 Å². The molecule has 0 spiro atoms. The number of piperazine rings is 1. The van der Waals surface area contributed by atoms with Crippen LogP contribution in [0.25, 0.3) is 10.8 Å². The Hall–Kier alpha value is -3.41. The normalized spacial score (nSPS) is 16.3. The highest BCUT2D eigenvalue weighted by Crippen LogP contribution is 2.38. The largest absolute Gasteiger partial charge is 1.00 e. The molecule has 11 heteroatoms. The quantitative estimate of drug-likeness (QED) is 0.281. The molecule has 10 nitrogen and oxygen atoms in total. The van der Waals surface area contributed by atoms with Crippen molar-refractivity contribution in [2.24, 2.45) is 0 Å². The topological polar surface area (TPSA) is 101 Å². The zero-order valence-electron chi connectivity index (χ0n) is 24.2. The van der Waals surface area contributed by atoms with Crippen molar-refractivity contribution in [2.75, 3.05) is 73.7 Å². The summed E-state index contributed by atoms with van der Waals surface area (Å²) in [4.78, 5) is 32.1. The van der Waals surface area contributed by atoms with Gasteiger partial charge in [-0.2, -0.15) is 0 Å². The number of methoxy groups -OCH3 is 3. The SMILES string of the molecule is COc1cc(COCC(O)CN2CCN(CCN3C(=O)c4cccc5cccc(c45)C3=O)CC2)cc(OC)c1OC.[Cl-]. The van der Waals surface area contributed by atoms with Gasteiger partial charge in [0, 0.05) is 62.3 Å². The van der Waals surface area contributed by atoms with E-state index in [0.29, 0.717) is 54.6 Å². The van der Waals surface area contributed by atoms with Crippen molar-refractivity contribution in [3.8, 4) is 17.2 Å². The van der Waals surface area contributed by atoms with Gasteiger partial charge in [0.1, 0.15) is 0 Å². The number of amides is 2. The van der Waals surface area contributed by atoms with Gasteiger partial charge in [0.2, 0.25) is 5.75 Å². The van der Waals surface area contributed by atoms with Crippen molar-refractivity contribution in [2.45, 2.75) is 12.7 Å².